The molecule has 226 valence electrons. The molecule has 0 saturated carbocycles. The molecule has 0 saturated heterocycles. The van der Waals surface area contributed by atoms with E-state index < -0.39 is 0 Å². The quantitative estimate of drug-likeness (QED) is 0.134. The number of aliphatic imine (C=N–C) groups is 1. The lowest BCUT2D eigenvalue weighted by Crippen LogP contribution is -2.03. The van der Waals surface area contributed by atoms with Crippen LogP contribution < -0.4 is 0 Å². The highest BCUT2D eigenvalue weighted by Gasteiger charge is 2.19. The van der Waals surface area contributed by atoms with Gasteiger partial charge < -0.3 is 0 Å². The summed E-state index contributed by atoms with van der Waals surface area (Å²) in [6, 6.07) is 28.8. The normalized spacial score (nSPS) is 16.8. The second kappa shape index (κ2) is 15.3. The molecular formula is C43H44N2. The van der Waals surface area contributed by atoms with Gasteiger partial charge in [-0.25, -0.2) is 0 Å². The largest absolute Gasteiger partial charge is 0.270 e. The van der Waals surface area contributed by atoms with Crippen LogP contribution >= 0.6 is 0 Å². The second-order valence-corrected chi connectivity index (χ2v) is 11.8. The highest BCUT2D eigenvalue weighted by molar-refractivity contribution is 5.89. The SMILES string of the molecule is C=C\C=C/C(=C(\C)C(C)c1ccc2ccc(-c3ccc(C(C)/C=C\N=CC)nc3)cc2c1)C(=C1/C=CCCC1)/c1ccccc1. The first kappa shape index (κ1) is 31.6. The summed E-state index contributed by atoms with van der Waals surface area (Å²) in [5.74, 6) is 0.431. The van der Waals surface area contributed by atoms with Gasteiger partial charge in [0.1, 0.15) is 0 Å². The van der Waals surface area contributed by atoms with Crippen molar-refractivity contribution in [3.05, 3.63) is 168 Å². The van der Waals surface area contributed by atoms with Crippen LogP contribution in [0.4, 0.5) is 0 Å². The minimum absolute atomic E-state index is 0.207. The molecular weight excluding hydrogens is 544 g/mol. The maximum Gasteiger partial charge on any atom is 0.0470 e. The van der Waals surface area contributed by atoms with Gasteiger partial charge in [-0.05, 0) is 89.4 Å². The molecule has 0 aliphatic heterocycles. The number of aromatic nitrogens is 1. The minimum Gasteiger partial charge on any atom is -0.270 e. The fourth-order valence-corrected chi connectivity index (χ4v) is 6.03. The van der Waals surface area contributed by atoms with E-state index in [0.29, 0.717) is 0 Å². The fraction of sp³-hybridized carbons (Fsp3) is 0.209. The van der Waals surface area contributed by atoms with E-state index in [0.717, 1.165) is 24.1 Å². The first-order valence-corrected chi connectivity index (χ1v) is 16.1. The Balaban J connectivity index is 1.52. The summed E-state index contributed by atoms with van der Waals surface area (Å²) in [4.78, 5) is 8.95. The molecule has 2 atom stereocenters. The predicted molar refractivity (Wildman–Crippen MR) is 196 cm³/mol. The van der Waals surface area contributed by atoms with Crippen molar-refractivity contribution in [1.29, 1.82) is 0 Å². The molecule has 0 fully saturated rings. The van der Waals surface area contributed by atoms with E-state index in [1.54, 1.807) is 6.21 Å². The van der Waals surface area contributed by atoms with Crippen LogP contribution in [0.2, 0.25) is 0 Å². The molecule has 2 nitrogen and oxygen atoms in total. The number of nitrogens with zero attached hydrogens (tertiary/aromatic N) is 2. The Kier molecular flexibility index (Phi) is 10.7. The molecule has 2 heteroatoms. The molecule has 0 amide bonds. The molecule has 0 spiro atoms. The first-order valence-electron chi connectivity index (χ1n) is 16.1. The molecule has 0 radical (unpaired) electrons. The van der Waals surface area contributed by atoms with E-state index in [1.807, 2.05) is 25.4 Å². The lowest BCUT2D eigenvalue weighted by atomic mass is 9.81. The van der Waals surface area contributed by atoms with E-state index in [9.17, 15) is 0 Å². The van der Waals surface area contributed by atoms with Crippen LogP contribution in [0.15, 0.2) is 156 Å². The number of hydrogen-bond donors (Lipinski definition) is 0. The predicted octanol–water partition coefficient (Wildman–Crippen LogP) is 12.0. The number of fused-ring (bicyclic) bond motifs is 1. The van der Waals surface area contributed by atoms with Gasteiger partial charge in [0.15, 0.2) is 0 Å². The average molecular weight is 589 g/mol. The Hall–Kier alpha value is -4.82. The lowest BCUT2D eigenvalue weighted by molar-refractivity contribution is 0.821. The van der Waals surface area contributed by atoms with Crippen molar-refractivity contribution >= 4 is 22.6 Å². The topological polar surface area (TPSA) is 25.2 Å². The van der Waals surface area contributed by atoms with Crippen LogP contribution in [0.3, 0.4) is 0 Å². The van der Waals surface area contributed by atoms with Gasteiger partial charge in [0.25, 0.3) is 0 Å². The number of benzene rings is 3. The van der Waals surface area contributed by atoms with Crippen molar-refractivity contribution < 1.29 is 0 Å². The van der Waals surface area contributed by atoms with Gasteiger partial charge in [-0.15, -0.1) is 0 Å². The van der Waals surface area contributed by atoms with Gasteiger partial charge >= 0.3 is 0 Å². The molecule has 1 aliphatic rings. The Morgan fingerprint density at radius 3 is 2.44 bits per heavy atom. The zero-order valence-electron chi connectivity index (χ0n) is 27.1. The van der Waals surface area contributed by atoms with Crippen molar-refractivity contribution in [2.45, 2.75) is 58.8 Å². The molecule has 1 heterocycles. The average Bonchev–Trinajstić information content (AvgIpc) is 3.09. The standard InChI is InChI=1S/C43H44N2/c1-6-8-19-41(43(35-15-11-9-12-16-35)36-17-13-10-14-18-36)33(5)32(4)37-22-20-34-21-23-38(29-40(34)28-37)39-24-25-42(45-30-39)31(3)26-27-44-7-2/h6-9,11-13,15-17,19-32H,1,10,14,18H2,2-5H3/b19-8-,27-26-,41-33-,43-36-,44-7?. The molecule has 2 unspecified atom stereocenters. The summed E-state index contributed by atoms with van der Waals surface area (Å²) >= 11 is 0. The molecule has 4 aromatic rings. The van der Waals surface area contributed by atoms with Gasteiger partial charge in [-0.2, -0.15) is 0 Å². The smallest absolute Gasteiger partial charge is 0.0470 e. The molecule has 5 rings (SSSR count). The summed E-state index contributed by atoms with van der Waals surface area (Å²) in [6.45, 7) is 12.7. The van der Waals surface area contributed by atoms with Gasteiger partial charge in [0.05, 0.1) is 0 Å². The number of rotatable bonds is 10. The van der Waals surface area contributed by atoms with Crippen LogP contribution in [0.1, 0.15) is 75.6 Å². The molecule has 0 N–H and O–H groups in total. The summed E-state index contributed by atoms with van der Waals surface area (Å²) in [5.41, 5.74) is 11.3. The van der Waals surface area contributed by atoms with Crippen molar-refractivity contribution in [3.8, 4) is 11.1 Å². The summed E-state index contributed by atoms with van der Waals surface area (Å²) < 4.78 is 0. The maximum atomic E-state index is 4.77. The van der Waals surface area contributed by atoms with E-state index in [2.05, 4.69) is 142 Å². The Morgan fingerprint density at radius 2 is 1.73 bits per heavy atom. The minimum atomic E-state index is 0.207. The van der Waals surface area contributed by atoms with Gasteiger partial charge in [-0.1, -0.05) is 129 Å². The summed E-state index contributed by atoms with van der Waals surface area (Å²) in [5, 5.41) is 2.48. The highest BCUT2D eigenvalue weighted by atomic mass is 14.7. The van der Waals surface area contributed by atoms with Gasteiger partial charge in [0, 0.05) is 41.7 Å². The monoisotopic (exact) mass is 588 g/mol. The molecule has 3 aromatic carbocycles. The third-order valence-corrected chi connectivity index (χ3v) is 8.82. The number of hydrogen-bond acceptors (Lipinski definition) is 2. The van der Waals surface area contributed by atoms with Crippen molar-refractivity contribution in [2.24, 2.45) is 4.99 Å². The maximum absolute atomic E-state index is 4.77. The van der Waals surface area contributed by atoms with Crippen molar-refractivity contribution in [3.63, 3.8) is 0 Å². The van der Waals surface area contributed by atoms with Gasteiger partial charge in [0.2, 0.25) is 0 Å². The van der Waals surface area contributed by atoms with Crippen LogP contribution in [0.25, 0.3) is 27.5 Å². The van der Waals surface area contributed by atoms with Gasteiger partial charge in [-0.3, -0.25) is 9.98 Å². The lowest BCUT2D eigenvalue weighted by Gasteiger charge is -2.23. The van der Waals surface area contributed by atoms with E-state index in [-0.39, 0.29) is 11.8 Å². The third kappa shape index (κ3) is 7.64. The summed E-state index contributed by atoms with van der Waals surface area (Å²) in [7, 11) is 0. The van der Waals surface area contributed by atoms with Crippen molar-refractivity contribution in [1.82, 2.24) is 4.98 Å². The van der Waals surface area contributed by atoms with Crippen LogP contribution in [-0.2, 0) is 0 Å². The number of allylic oxidation sites excluding steroid dienone is 10. The Labute approximate surface area is 269 Å². The molecule has 1 aliphatic carbocycles. The molecule has 0 bridgehead atoms. The summed E-state index contributed by atoms with van der Waals surface area (Å²) in [6.07, 6.45) is 22.0. The Morgan fingerprint density at radius 1 is 0.933 bits per heavy atom. The van der Waals surface area contributed by atoms with Crippen LogP contribution in [0.5, 0.6) is 0 Å². The third-order valence-electron chi connectivity index (χ3n) is 8.82. The molecule has 45 heavy (non-hydrogen) atoms. The van der Waals surface area contributed by atoms with Crippen molar-refractivity contribution in [2.75, 3.05) is 0 Å². The van der Waals surface area contributed by atoms with Crippen LogP contribution in [-0.4, -0.2) is 11.2 Å². The van der Waals surface area contributed by atoms with Crippen LogP contribution in [0, 0.1) is 0 Å². The van der Waals surface area contributed by atoms with E-state index in [4.69, 9.17) is 4.98 Å². The number of pyridine rings is 1. The van der Waals surface area contributed by atoms with E-state index >= 15 is 0 Å². The molecule has 1 aromatic heterocycles. The zero-order valence-corrected chi connectivity index (χ0v) is 27.1. The zero-order chi connectivity index (χ0) is 31.6. The fourth-order valence-electron chi connectivity index (χ4n) is 6.03. The first-order chi connectivity index (χ1) is 22.0. The Bertz CT molecular complexity index is 1810. The second-order valence-electron chi connectivity index (χ2n) is 11.8. The van der Waals surface area contributed by atoms with E-state index in [1.165, 1.54) is 56.2 Å². The highest BCUT2D eigenvalue weighted by Crippen LogP contribution is 2.39.